The number of hydrogen-bond donors (Lipinski definition) is 1. The van der Waals surface area contributed by atoms with Crippen LogP contribution in [0.25, 0.3) is 0 Å². The third kappa shape index (κ3) is 4.30. The standard InChI is InChI=1S/C17H19N3O/c1-3-9-19-13(2)15-8-10-20-17(11-15)21-16-6-4-14(12-18)5-7-16/h4-8,10-11,13,19H,3,9H2,1-2H3. The maximum absolute atomic E-state index is 8.78. The Morgan fingerprint density at radius 2 is 2.05 bits per heavy atom. The maximum atomic E-state index is 8.78. The molecule has 4 heteroatoms. The van der Waals surface area contributed by atoms with Crippen molar-refractivity contribution in [2.45, 2.75) is 26.3 Å². The van der Waals surface area contributed by atoms with E-state index in [9.17, 15) is 0 Å². The Morgan fingerprint density at radius 1 is 1.29 bits per heavy atom. The first-order chi connectivity index (χ1) is 10.2. The second kappa shape index (κ2) is 7.41. The van der Waals surface area contributed by atoms with E-state index >= 15 is 0 Å². The Bertz CT molecular complexity index is 617. The van der Waals surface area contributed by atoms with Crippen LogP contribution in [-0.2, 0) is 0 Å². The number of hydrogen-bond acceptors (Lipinski definition) is 4. The van der Waals surface area contributed by atoms with Crippen LogP contribution < -0.4 is 10.1 Å². The molecular weight excluding hydrogens is 262 g/mol. The van der Waals surface area contributed by atoms with Gasteiger partial charge in [0.05, 0.1) is 11.6 Å². The van der Waals surface area contributed by atoms with Gasteiger partial charge in [-0.1, -0.05) is 6.92 Å². The monoisotopic (exact) mass is 281 g/mol. The number of nitriles is 1. The highest BCUT2D eigenvalue weighted by Gasteiger charge is 2.07. The van der Waals surface area contributed by atoms with Gasteiger partial charge in [-0.3, -0.25) is 0 Å². The van der Waals surface area contributed by atoms with Crippen LogP contribution in [0.4, 0.5) is 0 Å². The summed E-state index contributed by atoms with van der Waals surface area (Å²) in [5, 5.41) is 12.2. The quantitative estimate of drug-likeness (QED) is 0.874. The zero-order valence-electron chi connectivity index (χ0n) is 12.3. The van der Waals surface area contributed by atoms with Gasteiger partial charge in [-0.2, -0.15) is 5.26 Å². The molecule has 1 aromatic carbocycles. The largest absolute Gasteiger partial charge is 0.439 e. The third-order valence-electron chi connectivity index (χ3n) is 3.17. The van der Waals surface area contributed by atoms with Crippen LogP contribution in [0.15, 0.2) is 42.6 Å². The summed E-state index contributed by atoms with van der Waals surface area (Å²) in [4.78, 5) is 4.22. The highest BCUT2D eigenvalue weighted by molar-refractivity contribution is 5.36. The van der Waals surface area contributed by atoms with Crippen LogP contribution in [0.5, 0.6) is 11.6 Å². The Hall–Kier alpha value is -2.38. The summed E-state index contributed by atoms with van der Waals surface area (Å²) >= 11 is 0. The van der Waals surface area contributed by atoms with Crippen LogP contribution in [0.3, 0.4) is 0 Å². The van der Waals surface area contributed by atoms with E-state index in [0.29, 0.717) is 17.2 Å². The summed E-state index contributed by atoms with van der Waals surface area (Å²) in [6, 6.07) is 13.3. The fraction of sp³-hybridized carbons (Fsp3) is 0.294. The van der Waals surface area contributed by atoms with Gasteiger partial charge in [-0.05, 0) is 55.8 Å². The van der Waals surface area contributed by atoms with Gasteiger partial charge in [0.25, 0.3) is 0 Å². The highest BCUT2D eigenvalue weighted by atomic mass is 16.5. The van der Waals surface area contributed by atoms with Crippen molar-refractivity contribution in [3.05, 3.63) is 53.7 Å². The second-order valence-corrected chi connectivity index (χ2v) is 4.84. The third-order valence-corrected chi connectivity index (χ3v) is 3.17. The van der Waals surface area contributed by atoms with Crippen molar-refractivity contribution in [2.24, 2.45) is 0 Å². The summed E-state index contributed by atoms with van der Waals surface area (Å²) in [5.41, 5.74) is 1.75. The SMILES string of the molecule is CCCNC(C)c1ccnc(Oc2ccc(C#N)cc2)c1. The molecule has 0 saturated carbocycles. The minimum atomic E-state index is 0.260. The molecule has 1 unspecified atom stereocenters. The highest BCUT2D eigenvalue weighted by Crippen LogP contribution is 2.22. The predicted molar refractivity (Wildman–Crippen MR) is 82.2 cm³/mol. The summed E-state index contributed by atoms with van der Waals surface area (Å²) in [6.45, 7) is 5.25. The Morgan fingerprint density at radius 3 is 2.71 bits per heavy atom. The van der Waals surface area contributed by atoms with Crippen LogP contribution >= 0.6 is 0 Å². The van der Waals surface area contributed by atoms with E-state index in [2.05, 4.69) is 30.2 Å². The molecule has 1 atom stereocenters. The van der Waals surface area contributed by atoms with Crippen molar-refractivity contribution in [3.8, 4) is 17.7 Å². The first-order valence-corrected chi connectivity index (χ1v) is 7.10. The molecule has 108 valence electrons. The van der Waals surface area contributed by atoms with Crippen molar-refractivity contribution >= 4 is 0 Å². The number of pyridine rings is 1. The van der Waals surface area contributed by atoms with E-state index in [0.717, 1.165) is 18.5 Å². The van der Waals surface area contributed by atoms with Crippen LogP contribution in [0.1, 0.15) is 37.4 Å². The van der Waals surface area contributed by atoms with Gasteiger partial charge in [-0.25, -0.2) is 4.98 Å². The summed E-state index contributed by atoms with van der Waals surface area (Å²) in [5.74, 6) is 1.23. The average Bonchev–Trinajstić information content (AvgIpc) is 2.53. The molecule has 2 aromatic rings. The molecule has 0 bridgehead atoms. The lowest BCUT2D eigenvalue weighted by atomic mass is 10.1. The molecule has 2 rings (SSSR count). The van der Waals surface area contributed by atoms with E-state index in [-0.39, 0.29) is 6.04 Å². The molecule has 21 heavy (non-hydrogen) atoms. The topological polar surface area (TPSA) is 57.9 Å². The Kier molecular flexibility index (Phi) is 5.30. The molecular formula is C17H19N3O. The number of nitrogens with zero attached hydrogens (tertiary/aromatic N) is 2. The molecule has 1 heterocycles. The van der Waals surface area contributed by atoms with E-state index in [1.807, 2.05) is 12.1 Å². The minimum absolute atomic E-state index is 0.260. The first-order valence-electron chi connectivity index (χ1n) is 7.10. The van der Waals surface area contributed by atoms with Gasteiger partial charge in [0.15, 0.2) is 0 Å². The Labute approximate surface area is 125 Å². The van der Waals surface area contributed by atoms with Gasteiger partial charge in [0.1, 0.15) is 5.75 Å². The Balaban J connectivity index is 2.08. The summed E-state index contributed by atoms with van der Waals surface area (Å²) in [6.07, 6.45) is 2.85. The number of nitrogens with one attached hydrogen (secondary N) is 1. The molecule has 0 radical (unpaired) electrons. The average molecular weight is 281 g/mol. The van der Waals surface area contributed by atoms with E-state index in [1.165, 1.54) is 0 Å². The van der Waals surface area contributed by atoms with Crippen molar-refractivity contribution in [1.82, 2.24) is 10.3 Å². The van der Waals surface area contributed by atoms with Gasteiger partial charge in [-0.15, -0.1) is 0 Å². The van der Waals surface area contributed by atoms with Crippen LogP contribution in [0, 0.1) is 11.3 Å². The molecule has 0 spiro atoms. The van der Waals surface area contributed by atoms with Crippen LogP contribution in [0.2, 0.25) is 0 Å². The van der Waals surface area contributed by atoms with Gasteiger partial charge >= 0.3 is 0 Å². The first kappa shape index (κ1) is 15.0. The van der Waals surface area contributed by atoms with Crippen LogP contribution in [-0.4, -0.2) is 11.5 Å². The lowest BCUT2D eigenvalue weighted by molar-refractivity contribution is 0.460. The molecule has 0 aliphatic rings. The zero-order valence-corrected chi connectivity index (χ0v) is 12.3. The lowest BCUT2D eigenvalue weighted by Gasteiger charge is -2.14. The van der Waals surface area contributed by atoms with Crippen molar-refractivity contribution in [3.63, 3.8) is 0 Å². The van der Waals surface area contributed by atoms with Crippen molar-refractivity contribution in [1.29, 1.82) is 5.26 Å². The second-order valence-electron chi connectivity index (χ2n) is 4.84. The molecule has 0 amide bonds. The molecule has 1 N–H and O–H groups in total. The fourth-order valence-electron chi connectivity index (χ4n) is 1.95. The zero-order chi connectivity index (χ0) is 15.1. The smallest absolute Gasteiger partial charge is 0.219 e. The number of aromatic nitrogens is 1. The molecule has 1 aromatic heterocycles. The predicted octanol–water partition coefficient (Wildman–Crippen LogP) is 3.81. The lowest BCUT2D eigenvalue weighted by Crippen LogP contribution is -2.19. The van der Waals surface area contributed by atoms with E-state index in [1.54, 1.807) is 30.5 Å². The van der Waals surface area contributed by atoms with E-state index < -0.39 is 0 Å². The maximum Gasteiger partial charge on any atom is 0.219 e. The van der Waals surface area contributed by atoms with Crippen molar-refractivity contribution < 1.29 is 4.74 Å². The van der Waals surface area contributed by atoms with Gasteiger partial charge in [0.2, 0.25) is 5.88 Å². The number of ether oxygens (including phenoxy) is 1. The normalized spacial score (nSPS) is 11.7. The molecule has 0 aliphatic heterocycles. The molecule has 0 saturated heterocycles. The van der Waals surface area contributed by atoms with Gasteiger partial charge in [0, 0.05) is 18.3 Å². The molecule has 0 fully saturated rings. The number of benzene rings is 1. The fourth-order valence-corrected chi connectivity index (χ4v) is 1.95. The van der Waals surface area contributed by atoms with Gasteiger partial charge < -0.3 is 10.1 Å². The molecule has 4 nitrogen and oxygen atoms in total. The van der Waals surface area contributed by atoms with E-state index in [4.69, 9.17) is 10.00 Å². The number of rotatable bonds is 6. The minimum Gasteiger partial charge on any atom is -0.439 e. The summed E-state index contributed by atoms with van der Waals surface area (Å²) in [7, 11) is 0. The van der Waals surface area contributed by atoms with Crippen molar-refractivity contribution in [2.75, 3.05) is 6.54 Å². The summed E-state index contributed by atoms with van der Waals surface area (Å²) < 4.78 is 5.72. The molecule has 0 aliphatic carbocycles.